The number of rotatable bonds is 4. The Morgan fingerprint density at radius 3 is 2.11 bits per heavy atom. The van der Waals surface area contributed by atoms with Crippen molar-refractivity contribution in [2.75, 3.05) is 10.6 Å². The molecule has 3 aromatic rings. The second-order valence-corrected chi connectivity index (χ2v) is 5.40. The van der Waals surface area contributed by atoms with E-state index < -0.39 is 23.5 Å². The third kappa shape index (κ3) is 4.38. The molecule has 0 atom stereocenters. The van der Waals surface area contributed by atoms with Crippen molar-refractivity contribution >= 4 is 23.2 Å². The number of benzene rings is 2. The van der Waals surface area contributed by atoms with Gasteiger partial charge in [-0.05, 0) is 24.3 Å². The summed E-state index contributed by atoms with van der Waals surface area (Å²) in [7, 11) is 0. The summed E-state index contributed by atoms with van der Waals surface area (Å²) in [6.45, 7) is 0. The zero-order chi connectivity index (χ0) is 19.4. The molecule has 0 aliphatic carbocycles. The Labute approximate surface area is 151 Å². The maximum Gasteiger partial charge on any atom is 0.418 e. The van der Waals surface area contributed by atoms with Crippen molar-refractivity contribution in [3.05, 3.63) is 77.9 Å². The standard InChI is InChI=1S/C18H12F4N4O/c19-13-6-2-4-8-15(13)25-16(27)11-9-23-17(24-10-11)26-14-7-3-1-5-12(14)18(20,21)22/h1-10H,(H,25,27)(H,23,24,26). The highest BCUT2D eigenvalue weighted by Crippen LogP contribution is 2.35. The lowest BCUT2D eigenvalue weighted by molar-refractivity contribution is -0.136. The van der Waals surface area contributed by atoms with E-state index in [9.17, 15) is 22.4 Å². The fraction of sp³-hybridized carbons (Fsp3) is 0.0556. The third-order valence-electron chi connectivity index (χ3n) is 3.52. The van der Waals surface area contributed by atoms with Crippen LogP contribution in [0.3, 0.4) is 0 Å². The highest BCUT2D eigenvalue weighted by Gasteiger charge is 2.33. The Kier molecular flexibility index (Phi) is 5.02. The van der Waals surface area contributed by atoms with E-state index in [0.717, 1.165) is 18.5 Å². The van der Waals surface area contributed by atoms with Gasteiger partial charge in [-0.15, -0.1) is 0 Å². The number of hydrogen-bond donors (Lipinski definition) is 2. The number of aromatic nitrogens is 2. The van der Waals surface area contributed by atoms with Gasteiger partial charge in [0.05, 0.1) is 22.5 Å². The number of alkyl halides is 3. The van der Waals surface area contributed by atoms with Crippen LogP contribution >= 0.6 is 0 Å². The highest BCUT2D eigenvalue weighted by atomic mass is 19.4. The van der Waals surface area contributed by atoms with Crippen LogP contribution in [0.5, 0.6) is 0 Å². The Morgan fingerprint density at radius 2 is 1.48 bits per heavy atom. The van der Waals surface area contributed by atoms with Crippen LogP contribution in [0.25, 0.3) is 0 Å². The number of anilines is 3. The first-order valence-electron chi connectivity index (χ1n) is 7.66. The van der Waals surface area contributed by atoms with Crippen LogP contribution in [-0.4, -0.2) is 15.9 Å². The van der Waals surface area contributed by atoms with E-state index in [4.69, 9.17) is 0 Å². The van der Waals surface area contributed by atoms with Crippen LogP contribution in [0, 0.1) is 5.82 Å². The minimum Gasteiger partial charge on any atom is -0.324 e. The predicted molar refractivity (Wildman–Crippen MR) is 91.1 cm³/mol. The molecule has 0 spiro atoms. The summed E-state index contributed by atoms with van der Waals surface area (Å²) in [4.78, 5) is 19.8. The van der Waals surface area contributed by atoms with E-state index in [1.54, 1.807) is 6.07 Å². The van der Waals surface area contributed by atoms with E-state index in [1.165, 1.54) is 36.4 Å². The molecule has 9 heteroatoms. The Morgan fingerprint density at radius 1 is 0.889 bits per heavy atom. The summed E-state index contributed by atoms with van der Waals surface area (Å²) in [6.07, 6.45) is -2.29. The SMILES string of the molecule is O=C(Nc1ccccc1F)c1cnc(Nc2ccccc2C(F)(F)F)nc1. The first-order valence-corrected chi connectivity index (χ1v) is 7.66. The van der Waals surface area contributed by atoms with Gasteiger partial charge in [0, 0.05) is 12.4 Å². The number of nitrogens with zero attached hydrogens (tertiary/aromatic N) is 2. The van der Waals surface area contributed by atoms with Gasteiger partial charge in [0.25, 0.3) is 5.91 Å². The second kappa shape index (κ2) is 7.40. The molecule has 0 unspecified atom stereocenters. The van der Waals surface area contributed by atoms with Gasteiger partial charge < -0.3 is 10.6 Å². The van der Waals surface area contributed by atoms with Gasteiger partial charge in [0.15, 0.2) is 0 Å². The van der Waals surface area contributed by atoms with Gasteiger partial charge in [-0.2, -0.15) is 13.2 Å². The molecule has 0 fully saturated rings. The number of carbonyl (C=O) groups is 1. The minimum absolute atomic E-state index is 0.0104. The van der Waals surface area contributed by atoms with E-state index in [0.29, 0.717) is 0 Å². The van der Waals surface area contributed by atoms with E-state index >= 15 is 0 Å². The molecule has 1 heterocycles. The van der Waals surface area contributed by atoms with Crippen molar-refractivity contribution in [3.8, 4) is 0 Å². The molecule has 27 heavy (non-hydrogen) atoms. The van der Waals surface area contributed by atoms with Crippen LogP contribution in [0.2, 0.25) is 0 Å². The summed E-state index contributed by atoms with van der Waals surface area (Å²) in [5.41, 5.74) is -1.07. The van der Waals surface area contributed by atoms with Gasteiger partial charge in [-0.1, -0.05) is 24.3 Å². The lowest BCUT2D eigenvalue weighted by Crippen LogP contribution is -2.14. The van der Waals surface area contributed by atoms with Crippen LogP contribution in [0.4, 0.5) is 34.9 Å². The molecule has 2 aromatic carbocycles. The van der Waals surface area contributed by atoms with Crippen LogP contribution in [0.15, 0.2) is 60.9 Å². The molecule has 1 aromatic heterocycles. The number of nitrogens with one attached hydrogen (secondary N) is 2. The predicted octanol–water partition coefficient (Wildman–Crippen LogP) is 4.63. The van der Waals surface area contributed by atoms with E-state index in [2.05, 4.69) is 20.6 Å². The van der Waals surface area contributed by atoms with Crippen molar-refractivity contribution in [3.63, 3.8) is 0 Å². The normalized spacial score (nSPS) is 11.1. The van der Waals surface area contributed by atoms with Gasteiger partial charge in [0.1, 0.15) is 5.82 Å². The number of halogens is 4. The number of amides is 1. The number of hydrogen-bond acceptors (Lipinski definition) is 4. The number of para-hydroxylation sites is 2. The van der Waals surface area contributed by atoms with Crippen molar-refractivity contribution in [1.29, 1.82) is 0 Å². The molecule has 138 valence electrons. The molecule has 0 aliphatic rings. The summed E-state index contributed by atoms with van der Waals surface area (Å²) < 4.78 is 52.5. The minimum atomic E-state index is -4.54. The maximum absolute atomic E-state index is 13.6. The summed E-state index contributed by atoms with van der Waals surface area (Å²) in [5, 5.41) is 4.83. The average Bonchev–Trinajstić information content (AvgIpc) is 2.64. The molecule has 0 saturated heterocycles. The molecule has 0 bridgehead atoms. The third-order valence-corrected chi connectivity index (χ3v) is 3.52. The molecular formula is C18H12F4N4O. The molecule has 1 amide bonds. The lowest BCUT2D eigenvalue weighted by Gasteiger charge is -2.13. The second-order valence-electron chi connectivity index (χ2n) is 5.40. The molecular weight excluding hydrogens is 364 g/mol. The van der Waals surface area contributed by atoms with Gasteiger partial charge in [-0.25, -0.2) is 14.4 Å². The van der Waals surface area contributed by atoms with Crippen molar-refractivity contribution in [1.82, 2.24) is 9.97 Å². The zero-order valence-corrected chi connectivity index (χ0v) is 13.6. The van der Waals surface area contributed by atoms with Crippen LogP contribution in [-0.2, 0) is 6.18 Å². The quantitative estimate of drug-likeness (QED) is 0.652. The van der Waals surface area contributed by atoms with Gasteiger partial charge in [-0.3, -0.25) is 4.79 Å². The van der Waals surface area contributed by atoms with Gasteiger partial charge in [0.2, 0.25) is 5.95 Å². The van der Waals surface area contributed by atoms with Crippen molar-refractivity contribution < 1.29 is 22.4 Å². The van der Waals surface area contributed by atoms with Crippen LogP contribution < -0.4 is 10.6 Å². The summed E-state index contributed by atoms with van der Waals surface area (Å²) in [5.74, 6) is -1.37. The van der Waals surface area contributed by atoms with Crippen molar-refractivity contribution in [2.24, 2.45) is 0 Å². The van der Waals surface area contributed by atoms with Crippen molar-refractivity contribution in [2.45, 2.75) is 6.18 Å². The molecule has 5 nitrogen and oxygen atoms in total. The monoisotopic (exact) mass is 376 g/mol. The molecule has 3 rings (SSSR count). The fourth-order valence-electron chi connectivity index (χ4n) is 2.23. The number of carbonyl (C=O) groups excluding carboxylic acids is 1. The van der Waals surface area contributed by atoms with Crippen LogP contribution in [0.1, 0.15) is 15.9 Å². The largest absolute Gasteiger partial charge is 0.418 e. The average molecular weight is 376 g/mol. The van der Waals surface area contributed by atoms with E-state index in [-0.39, 0.29) is 22.9 Å². The van der Waals surface area contributed by atoms with E-state index in [1.807, 2.05) is 0 Å². The first-order chi connectivity index (χ1) is 12.8. The Balaban J connectivity index is 1.75. The molecule has 0 aliphatic heterocycles. The Bertz CT molecular complexity index is 958. The lowest BCUT2D eigenvalue weighted by atomic mass is 10.1. The maximum atomic E-state index is 13.6. The highest BCUT2D eigenvalue weighted by molar-refractivity contribution is 6.03. The summed E-state index contributed by atoms with van der Waals surface area (Å²) in [6, 6.07) is 10.5. The topological polar surface area (TPSA) is 66.9 Å². The zero-order valence-electron chi connectivity index (χ0n) is 13.6. The summed E-state index contributed by atoms with van der Waals surface area (Å²) >= 11 is 0. The molecule has 0 saturated carbocycles. The smallest absolute Gasteiger partial charge is 0.324 e. The molecule has 0 radical (unpaired) electrons. The molecule has 2 N–H and O–H groups in total. The van der Waals surface area contributed by atoms with Gasteiger partial charge >= 0.3 is 6.18 Å². The Hall–Kier alpha value is -3.49. The first kappa shape index (κ1) is 18.3. The fourth-order valence-corrected chi connectivity index (χ4v) is 2.23.